The lowest BCUT2D eigenvalue weighted by Crippen LogP contribution is -2.17. The van der Waals surface area contributed by atoms with Gasteiger partial charge in [-0.15, -0.1) is 0 Å². The Morgan fingerprint density at radius 2 is 1.84 bits per heavy atom. The van der Waals surface area contributed by atoms with Crippen LogP contribution in [0.3, 0.4) is 0 Å². The second-order valence-electron chi connectivity index (χ2n) is 4.11. The molecule has 0 spiro atoms. The molecule has 0 saturated heterocycles. The molecule has 0 aliphatic carbocycles. The Morgan fingerprint density at radius 1 is 1.11 bits per heavy atom. The number of hydrogen-bond donors (Lipinski definition) is 0. The van der Waals surface area contributed by atoms with E-state index < -0.39 is 11.6 Å². The normalized spacial score (nSPS) is 13.9. The minimum Gasteiger partial charge on any atom is -0.618 e. The number of nitrogens with zero attached hydrogens (tertiary/aromatic N) is 1. The van der Waals surface area contributed by atoms with Crippen molar-refractivity contribution in [3.63, 3.8) is 0 Å². The van der Waals surface area contributed by atoms with E-state index in [0.29, 0.717) is 14.8 Å². The zero-order valence-corrected chi connectivity index (χ0v) is 11.1. The van der Waals surface area contributed by atoms with Crippen molar-refractivity contribution in [1.82, 2.24) is 0 Å². The van der Waals surface area contributed by atoms with Crippen molar-refractivity contribution in [1.29, 1.82) is 0 Å². The first-order valence-corrected chi connectivity index (χ1v) is 6.32. The molecule has 0 radical (unpaired) electrons. The first-order valence-electron chi connectivity index (χ1n) is 5.53. The Labute approximate surface area is 116 Å². The average molecular weight is 320 g/mol. The third-order valence-corrected chi connectivity index (χ3v) is 3.66. The van der Waals surface area contributed by atoms with E-state index >= 15 is 0 Å². The molecule has 5 heteroatoms. The standard InChI is InChI=1S/C14H7BrFNO2/c15-11-4-2-1-3-9(11)13-14(18)10-7-8(16)5-6-12(10)17(13)19/h1-7H. The fourth-order valence-corrected chi connectivity index (χ4v) is 2.56. The first kappa shape index (κ1) is 12.0. The summed E-state index contributed by atoms with van der Waals surface area (Å²) in [5, 5.41) is 12.2. The van der Waals surface area contributed by atoms with Gasteiger partial charge in [-0.2, -0.15) is 4.74 Å². The second kappa shape index (κ2) is 4.28. The average Bonchev–Trinajstić information content (AvgIpc) is 2.63. The van der Waals surface area contributed by atoms with E-state index in [4.69, 9.17) is 0 Å². The van der Waals surface area contributed by atoms with Crippen LogP contribution in [0.25, 0.3) is 0 Å². The number of carbonyl (C=O) groups excluding carboxylic acids is 1. The van der Waals surface area contributed by atoms with E-state index in [9.17, 15) is 14.4 Å². The number of benzene rings is 2. The highest BCUT2D eigenvalue weighted by Crippen LogP contribution is 2.30. The molecular weight excluding hydrogens is 313 g/mol. The molecule has 0 N–H and O–H groups in total. The van der Waals surface area contributed by atoms with Crippen LogP contribution in [0.2, 0.25) is 0 Å². The van der Waals surface area contributed by atoms with Gasteiger partial charge in [0.2, 0.25) is 5.69 Å². The molecule has 1 aliphatic heterocycles. The summed E-state index contributed by atoms with van der Waals surface area (Å²) in [6.07, 6.45) is 0. The van der Waals surface area contributed by atoms with Crippen molar-refractivity contribution < 1.29 is 13.9 Å². The fourth-order valence-electron chi connectivity index (χ4n) is 2.09. The van der Waals surface area contributed by atoms with Gasteiger partial charge >= 0.3 is 0 Å². The van der Waals surface area contributed by atoms with Crippen molar-refractivity contribution >= 4 is 33.1 Å². The molecule has 0 bridgehead atoms. The van der Waals surface area contributed by atoms with Crippen LogP contribution < -0.4 is 0 Å². The molecule has 0 atom stereocenters. The Kier molecular flexibility index (Phi) is 2.71. The molecule has 3 rings (SSSR count). The lowest BCUT2D eigenvalue weighted by atomic mass is 10.0. The van der Waals surface area contributed by atoms with Crippen molar-refractivity contribution in [3.05, 3.63) is 69.1 Å². The minimum atomic E-state index is -0.533. The van der Waals surface area contributed by atoms with Crippen LogP contribution in [-0.2, 0) is 0 Å². The number of fused-ring (bicyclic) bond motifs is 1. The Hall–Kier alpha value is -2.01. The summed E-state index contributed by atoms with van der Waals surface area (Å²) in [5.41, 5.74) is 0.782. The maximum atomic E-state index is 13.2. The van der Waals surface area contributed by atoms with Crippen molar-refractivity contribution in [2.75, 3.05) is 0 Å². The first-order chi connectivity index (χ1) is 9.09. The highest BCUT2D eigenvalue weighted by molar-refractivity contribution is 9.10. The maximum Gasteiger partial charge on any atom is 0.274 e. The number of halogens is 2. The molecule has 0 saturated carbocycles. The molecule has 0 fully saturated rings. The highest BCUT2D eigenvalue weighted by atomic mass is 79.9. The van der Waals surface area contributed by atoms with Gasteiger partial charge in [-0.3, -0.25) is 4.79 Å². The second-order valence-corrected chi connectivity index (χ2v) is 4.97. The molecule has 1 heterocycles. The third kappa shape index (κ3) is 1.77. The summed E-state index contributed by atoms with van der Waals surface area (Å²) < 4.78 is 14.4. The molecule has 0 amide bonds. The van der Waals surface area contributed by atoms with E-state index in [1.807, 2.05) is 0 Å². The molecule has 94 valence electrons. The summed E-state index contributed by atoms with van der Waals surface area (Å²) in [5.74, 6) is -0.995. The van der Waals surface area contributed by atoms with E-state index in [0.717, 1.165) is 6.07 Å². The van der Waals surface area contributed by atoms with E-state index in [1.54, 1.807) is 24.3 Å². The van der Waals surface area contributed by atoms with Crippen LogP contribution in [0.4, 0.5) is 10.1 Å². The summed E-state index contributed by atoms with van der Waals surface area (Å²) in [6.45, 7) is 0. The Balaban J connectivity index is 2.24. The van der Waals surface area contributed by atoms with Gasteiger partial charge in [0, 0.05) is 10.5 Å². The van der Waals surface area contributed by atoms with E-state index in [2.05, 4.69) is 15.9 Å². The monoisotopic (exact) mass is 319 g/mol. The summed E-state index contributed by atoms with van der Waals surface area (Å²) >= 11 is 3.31. The lowest BCUT2D eigenvalue weighted by Gasteiger charge is -2.03. The summed E-state index contributed by atoms with van der Waals surface area (Å²) in [4.78, 5) is 12.2. The Morgan fingerprint density at radius 3 is 2.58 bits per heavy atom. The predicted molar refractivity (Wildman–Crippen MR) is 72.3 cm³/mol. The van der Waals surface area contributed by atoms with Crippen molar-refractivity contribution in [3.8, 4) is 0 Å². The molecule has 3 nitrogen and oxygen atoms in total. The van der Waals surface area contributed by atoms with Gasteiger partial charge in [-0.25, -0.2) is 4.39 Å². The number of carbonyl (C=O) groups is 1. The SMILES string of the molecule is O=C1C(c2ccccc2Br)=[N+]([O-])c2ccc(F)cc21. The van der Waals surface area contributed by atoms with Crippen LogP contribution in [0, 0.1) is 11.0 Å². The zero-order valence-electron chi connectivity index (χ0n) is 9.56. The lowest BCUT2D eigenvalue weighted by molar-refractivity contribution is -0.355. The Bertz CT molecular complexity index is 740. The van der Waals surface area contributed by atoms with E-state index in [-0.39, 0.29) is 17.0 Å². The number of hydrogen-bond acceptors (Lipinski definition) is 2. The molecule has 0 aromatic heterocycles. The predicted octanol–water partition coefficient (Wildman–Crippen LogP) is 3.42. The van der Waals surface area contributed by atoms with Gasteiger partial charge in [-0.1, -0.05) is 12.1 Å². The summed E-state index contributed by atoms with van der Waals surface area (Å²) in [7, 11) is 0. The van der Waals surface area contributed by atoms with Crippen LogP contribution >= 0.6 is 15.9 Å². The van der Waals surface area contributed by atoms with Gasteiger partial charge in [0.25, 0.3) is 11.5 Å². The molecular formula is C14H7BrFNO2. The van der Waals surface area contributed by atoms with Crippen LogP contribution in [0.5, 0.6) is 0 Å². The topological polar surface area (TPSA) is 43.1 Å². The quantitative estimate of drug-likeness (QED) is 0.597. The van der Waals surface area contributed by atoms with Crippen LogP contribution in [-0.4, -0.2) is 16.2 Å². The zero-order chi connectivity index (χ0) is 13.6. The third-order valence-electron chi connectivity index (χ3n) is 2.97. The summed E-state index contributed by atoms with van der Waals surface area (Å²) in [6, 6.07) is 10.5. The number of rotatable bonds is 1. The van der Waals surface area contributed by atoms with Crippen molar-refractivity contribution in [2.24, 2.45) is 0 Å². The number of ketones is 1. The molecule has 0 unspecified atom stereocenters. The number of Topliss-reactive ketones (excluding diaryl/α,β-unsaturated/α-hetero) is 1. The fraction of sp³-hybridized carbons (Fsp3) is 0. The van der Waals surface area contributed by atoms with Crippen LogP contribution in [0.15, 0.2) is 46.9 Å². The van der Waals surface area contributed by atoms with Gasteiger partial charge in [0.05, 0.1) is 5.56 Å². The van der Waals surface area contributed by atoms with Gasteiger partial charge < -0.3 is 5.21 Å². The molecule has 2 aromatic carbocycles. The van der Waals surface area contributed by atoms with Crippen molar-refractivity contribution in [2.45, 2.75) is 0 Å². The minimum absolute atomic E-state index is 0.00748. The molecule has 19 heavy (non-hydrogen) atoms. The highest BCUT2D eigenvalue weighted by Gasteiger charge is 2.37. The van der Waals surface area contributed by atoms with E-state index in [1.165, 1.54) is 12.1 Å². The molecule has 1 aliphatic rings. The van der Waals surface area contributed by atoms with Crippen LogP contribution in [0.1, 0.15) is 15.9 Å². The van der Waals surface area contributed by atoms with Gasteiger partial charge in [0.15, 0.2) is 0 Å². The maximum absolute atomic E-state index is 13.2. The molecule has 2 aromatic rings. The van der Waals surface area contributed by atoms with Gasteiger partial charge in [0.1, 0.15) is 11.4 Å². The largest absolute Gasteiger partial charge is 0.618 e. The smallest absolute Gasteiger partial charge is 0.274 e. The van der Waals surface area contributed by atoms with Gasteiger partial charge in [-0.05, 0) is 40.2 Å².